The second-order valence-corrected chi connectivity index (χ2v) is 6.07. The number of hydrogen-bond acceptors (Lipinski definition) is 4. The van der Waals surface area contributed by atoms with Gasteiger partial charge in [0, 0.05) is 16.6 Å². The van der Waals surface area contributed by atoms with E-state index in [2.05, 4.69) is 20.4 Å². The van der Waals surface area contributed by atoms with Crippen LogP contribution in [0, 0.1) is 0 Å². The van der Waals surface area contributed by atoms with Crippen molar-refractivity contribution in [3.05, 3.63) is 64.1 Å². The van der Waals surface area contributed by atoms with Crippen LogP contribution < -0.4 is 10.6 Å². The monoisotopic (exact) mass is 389 g/mol. The van der Waals surface area contributed by atoms with Crippen LogP contribution in [0.1, 0.15) is 10.4 Å². The first-order chi connectivity index (χ1) is 12.5. The standard InChI is InChI=1S/C18H13Cl2N3O3/c1-26-18(25)21-12-4-2-3-11(9-12)17(24)23-14-8-6-10-5-7-13(19)15(20)16(10)22-14/h2-9H,1H3,(H,21,25)(H,22,23,24). The van der Waals surface area contributed by atoms with E-state index in [1.54, 1.807) is 42.5 Å². The Morgan fingerprint density at radius 2 is 1.81 bits per heavy atom. The molecule has 0 saturated heterocycles. The summed E-state index contributed by atoms with van der Waals surface area (Å²) in [5.74, 6) is -0.0542. The van der Waals surface area contributed by atoms with E-state index in [0.29, 0.717) is 32.6 Å². The predicted octanol–water partition coefficient (Wildman–Crippen LogP) is 4.97. The number of aromatic nitrogens is 1. The van der Waals surface area contributed by atoms with Crippen molar-refractivity contribution in [1.82, 2.24) is 4.98 Å². The Morgan fingerprint density at radius 1 is 1.04 bits per heavy atom. The van der Waals surface area contributed by atoms with Crippen molar-refractivity contribution in [2.24, 2.45) is 0 Å². The van der Waals surface area contributed by atoms with E-state index in [1.807, 2.05) is 0 Å². The molecule has 0 spiro atoms. The van der Waals surface area contributed by atoms with Crippen molar-refractivity contribution >= 4 is 57.6 Å². The maximum Gasteiger partial charge on any atom is 0.411 e. The number of fused-ring (bicyclic) bond motifs is 1. The zero-order valence-corrected chi connectivity index (χ0v) is 15.1. The minimum atomic E-state index is -0.620. The number of nitrogens with one attached hydrogen (secondary N) is 2. The zero-order valence-electron chi connectivity index (χ0n) is 13.5. The van der Waals surface area contributed by atoms with Crippen LogP contribution in [-0.4, -0.2) is 24.1 Å². The van der Waals surface area contributed by atoms with Gasteiger partial charge in [-0.2, -0.15) is 0 Å². The molecule has 0 unspecified atom stereocenters. The third-order valence-corrected chi connectivity index (χ3v) is 4.35. The number of hydrogen-bond donors (Lipinski definition) is 2. The number of ether oxygens (including phenoxy) is 1. The van der Waals surface area contributed by atoms with E-state index >= 15 is 0 Å². The highest BCUT2D eigenvalue weighted by Crippen LogP contribution is 2.30. The molecular weight excluding hydrogens is 377 g/mol. The molecule has 3 rings (SSSR count). The van der Waals surface area contributed by atoms with Gasteiger partial charge in [-0.15, -0.1) is 0 Å². The van der Waals surface area contributed by atoms with Gasteiger partial charge < -0.3 is 10.1 Å². The number of pyridine rings is 1. The summed E-state index contributed by atoms with van der Waals surface area (Å²) >= 11 is 12.2. The second-order valence-electron chi connectivity index (χ2n) is 5.28. The highest BCUT2D eigenvalue weighted by Gasteiger charge is 2.11. The Hall–Kier alpha value is -2.83. The molecule has 0 radical (unpaired) electrons. The molecule has 26 heavy (non-hydrogen) atoms. The number of halogens is 2. The Bertz CT molecular complexity index is 1010. The van der Waals surface area contributed by atoms with Gasteiger partial charge in [-0.05, 0) is 36.4 Å². The topological polar surface area (TPSA) is 80.3 Å². The van der Waals surface area contributed by atoms with Crippen LogP contribution in [-0.2, 0) is 4.74 Å². The van der Waals surface area contributed by atoms with Crippen molar-refractivity contribution < 1.29 is 14.3 Å². The van der Waals surface area contributed by atoms with E-state index in [0.717, 1.165) is 5.39 Å². The molecule has 0 aliphatic rings. The molecule has 132 valence electrons. The normalized spacial score (nSPS) is 10.4. The number of nitrogens with zero attached hydrogens (tertiary/aromatic N) is 1. The number of benzene rings is 2. The molecule has 6 nitrogen and oxygen atoms in total. The number of amides is 2. The fourth-order valence-electron chi connectivity index (χ4n) is 2.29. The van der Waals surface area contributed by atoms with Crippen LogP contribution in [0.15, 0.2) is 48.5 Å². The van der Waals surface area contributed by atoms with Gasteiger partial charge in [-0.25, -0.2) is 9.78 Å². The van der Waals surface area contributed by atoms with Crippen molar-refractivity contribution in [1.29, 1.82) is 0 Å². The predicted molar refractivity (Wildman–Crippen MR) is 102 cm³/mol. The molecule has 3 aromatic rings. The number of anilines is 2. The quantitative estimate of drug-likeness (QED) is 0.662. The summed E-state index contributed by atoms with van der Waals surface area (Å²) in [6.45, 7) is 0. The lowest BCUT2D eigenvalue weighted by molar-refractivity contribution is 0.102. The number of methoxy groups -OCH3 is 1. The fraction of sp³-hybridized carbons (Fsp3) is 0.0556. The first-order valence-electron chi connectivity index (χ1n) is 7.49. The lowest BCUT2D eigenvalue weighted by Crippen LogP contribution is -2.15. The Balaban J connectivity index is 1.84. The maximum absolute atomic E-state index is 12.5. The van der Waals surface area contributed by atoms with Crippen LogP contribution in [0.2, 0.25) is 10.0 Å². The maximum atomic E-state index is 12.5. The molecule has 2 aromatic carbocycles. The van der Waals surface area contributed by atoms with Crippen LogP contribution in [0.25, 0.3) is 10.9 Å². The van der Waals surface area contributed by atoms with Gasteiger partial charge in [0.25, 0.3) is 5.91 Å². The number of carbonyl (C=O) groups excluding carboxylic acids is 2. The molecule has 1 heterocycles. The Labute approximate surface area is 159 Å². The second kappa shape index (κ2) is 7.59. The average molecular weight is 390 g/mol. The largest absolute Gasteiger partial charge is 0.453 e. The van der Waals surface area contributed by atoms with Gasteiger partial charge in [0.15, 0.2) is 0 Å². The lowest BCUT2D eigenvalue weighted by atomic mass is 10.2. The first-order valence-corrected chi connectivity index (χ1v) is 8.24. The third-order valence-electron chi connectivity index (χ3n) is 3.55. The highest BCUT2D eigenvalue weighted by molar-refractivity contribution is 6.45. The summed E-state index contributed by atoms with van der Waals surface area (Å²) in [6.07, 6.45) is -0.620. The molecule has 8 heteroatoms. The molecule has 0 fully saturated rings. The molecule has 0 bridgehead atoms. The summed E-state index contributed by atoms with van der Waals surface area (Å²) in [6, 6.07) is 13.4. The average Bonchev–Trinajstić information content (AvgIpc) is 2.65. The van der Waals surface area contributed by atoms with E-state index in [1.165, 1.54) is 13.2 Å². The molecule has 2 amide bonds. The van der Waals surface area contributed by atoms with Gasteiger partial charge in [0.1, 0.15) is 5.82 Å². The summed E-state index contributed by atoms with van der Waals surface area (Å²) < 4.78 is 4.53. The van der Waals surface area contributed by atoms with E-state index in [4.69, 9.17) is 23.2 Å². The van der Waals surface area contributed by atoms with Crippen LogP contribution in [0.5, 0.6) is 0 Å². The number of rotatable bonds is 3. The van der Waals surface area contributed by atoms with Crippen molar-refractivity contribution in [3.8, 4) is 0 Å². The van der Waals surface area contributed by atoms with Gasteiger partial charge in [0.05, 0.1) is 22.7 Å². The molecule has 0 aliphatic carbocycles. The molecule has 0 aliphatic heterocycles. The smallest absolute Gasteiger partial charge is 0.411 e. The highest BCUT2D eigenvalue weighted by atomic mass is 35.5. The molecular formula is C18H13Cl2N3O3. The van der Waals surface area contributed by atoms with Gasteiger partial charge >= 0.3 is 6.09 Å². The third kappa shape index (κ3) is 3.87. The minimum Gasteiger partial charge on any atom is -0.453 e. The van der Waals surface area contributed by atoms with Gasteiger partial charge in [-0.1, -0.05) is 35.3 Å². The van der Waals surface area contributed by atoms with Gasteiger partial charge in [-0.3, -0.25) is 10.1 Å². The van der Waals surface area contributed by atoms with Crippen molar-refractivity contribution in [2.45, 2.75) is 0 Å². The number of carbonyl (C=O) groups is 2. The Morgan fingerprint density at radius 3 is 2.58 bits per heavy atom. The van der Waals surface area contributed by atoms with Crippen molar-refractivity contribution in [3.63, 3.8) is 0 Å². The minimum absolute atomic E-state index is 0.324. The fourth-order valence-corrected chi connectivity index (χ4v) is 2.66. The van der Waals surface area contributed by atoms with Gasteiger partial charge in [0.2, 0.25) is 0 Å². The summed E-state index contributed by atoms with van der Waals surface area (Å²) in [7, 11) is 1.26. The lowest BCUT2D eigenvalue weighted by Gasteiger charge is -2.09. The molecule has 0 saturated carbocycles. The summed E-state index contributed by atoms with van der Waals surface area (Å²) in [5, 5.41) is 6.71. The Kier molecular flexibility index (Phi) is 5.25. The van der Waals surface area contributed by atoms with E-state index in [-0.39, 0.29) is 5.91 Å². The molecule has 2 N–H and O–H groups in total. The molecule has 0 atom stereocenters. The van der Waals surface area contributed by atoms with Crippen LogP contribution >= 0.6 is 23.2 Å². The molecule has 1 aromatic heterocycles. The summed E-state index contributed by atoms with van der Waals surface area (Å²) in [5.41, 5.74) is 1.28. The summed E-state index contributed by atoms with van der Waals surface area (Å²) in [4.78, 5) is 28.1. The SMILES string of the molecule is COC(=O)Nc1cccc(C(=O)Nc2ccc3ccc(Cl)c(Cl)c3n2)c1. The van der Waals surface area contributed by atoms with Crippen molar-refractivity contribution in [2.75, 3.05) is 17.7 Å². The van der Waals surface area contributed by atoms with E-state index in [9.17, 15) is 9.59 Å². The van der Waals surface area contributed by atoms with Crippen LogP contribution in [0.4, 0.5) is 16.3 Å². The van der Waals surface area contributed by atoms with Crippen LogP contribution in [0.3, 0.4) is 0 Å². The van der Waals surface area contributed by atoms with E-state index < -0.39 is 6.09 Å². The first kappa shape index (κ1) is 18.0. The zero-order chi connectivity index (χ0) is 18.7.